The molecule has 2 saturated carbocycles. The third-order valence-electron chi connectivity index (χ3n) is 7.80. The Labute approximate surface area is 244 Å². The molecule has 3 aliphatic rings. The van der Waals surface area contributed by atoms with Crippen molar-refractivity contribution in [3.63, 3.8) is 0 Å². The zero-order valence-electron chi connectivity index (χ0n) is 25.1. The Morgan fingerprint density at radius 3 is 2.67 bits per heavy atom. The van der Waals surface area contributed by atoms with Crippen LogP contribution in [0, 0.1) is 5.92 Å². The van der Waals surface area contributed by atoms with Gasteiger partial charge in [-0.15, -0.1) is 0 Å². The summed E-state index contributed by atoms with van der Waals surface area (Å²) in [7, 11) is 0. The monoisotopic (exact) mass is 613 g/mol. The molecule has 1 aromatic carbocycles. The Kier molecular flexibility index (Phi) is 6.49. The lowest BCUT2D eigenvalue weighted by Crippen LogP contribution is -2.58. The van der Waals surface area contributed by atoms with Gasteiger partial charge in [-0.3, -0.25) is 4.79 Å². The van der Waals surface area contributed by atoms with Crippen molar-refractivity contribution in [1.29, 1.82) is 0 Å². The van der Waals surface area contributed by atoms with Gasteiger partial charge in [0.05, 0.1) is 39.5 Å². The molecule has 16 heteroatoms. The van der Waals surface area contributed by atoms with Crippen LogP contribution >= 0.6 is 0 Å². The van der Waals surface area contributed by atoms with E-state index in [0.29, 0.717) is 34.5 Å². The fraction of sp³-hybridized carbons (Fsp3) is 0.593. The summed E-state index contributed by atoms with van der Waals surface area (Å²) in [5, 5.41) is 12.1. The highest BCUT2D eigenvalue weighted by Crippen LogP contribution is 2.46. The van der Waals surface area contributed by atoms with Crippen LogP contribution in [-0.2, 0) is 4.74 Å². The summed E-state index contributed by atoms with van der Waals surface area (Å²) in [6.07, 6.45) is -1.99. The van der Waals surface area contributed by atoms with Crippen LogP contribution in [0.2, 0.25) is 0 Å². The number of fused-ring (bicyclic) bond motifs is 1. The quantitative estimate of drug-likeness (QED) is 0.280. The van der Waals surface area contributed by atoms with Crippen LogP contribution in [0.15, 0.2) is 22.8 Å². The number of carbonyl (C=O) groups is 2. The molecule has 2 aliphatic carbocycles. The van der Waals surface area contributed by atoms with Crippen LogP contribution in [0.3, 0.4) is 0 Å². The van der Waals surface area contributed by atoms with E-state index in [1.165, 1.54) is 12.1 Å². The van der Waals surface area contributed by atoms with Crippen molar-refractivity contribution in [3.05, 3.63) is 41.0 Å². The van der Waals surface area contributed by atoms with E-state index in [-0.39, 0.29) is 28.9 Å². The minimum atomic E-state index is -4.72. The number of carbonyl (C=O) groups excluding carboxylic acids is 2. The summed E-state index contributed by atoms with van der Waals surface area (Å²) in [4.78, 5) is 33.9. The number of aromatic amines is 1. The average Bonchev–Trinajstić information content (AvgIpc) is 3.89. The van der Waals surface area contributed by atoms with E-state index in [9.17, 15) is 31.5 Å². The molecule has 3 amide bonds. The normalized spacial score (nSPS) is 22.5. The third-order valence-corrected chi connectivity index (χ3v) is 7.80. The Balaban J connectivity index is 1.33. The molecule has 0 radical (unpaired) electrons. The van der Waals surface area contributed by atoms with Crippen molar-refractivity contribution in [3.8, 4) is 0 Å². The van der Waals surface area contributed by atoms with Crippen molar-refractivity contribution < 1.29 is 43.6 Å². The topological polar surface area (TPSA) is 138 Å². The van der Waals surface area contributed by atoms with Gasteiger partial charge in [0.1, 0.15) is 17.6 Å². The fourth-order valence-corrected chi connectivity index (χ4v) is 4.94. The number of hydrogen-bond acceptors (Lipinski definition) is 7. The van der Waals surface area contributed by atoms with Gasteiger partial charge in [-0.2, -0.15) is 13.2 Å². The number of urea groups is 1. The summed E-state index contributed by atoms with van der Waals surface area (Å²) in [5.74, 6) is -4.87. The molecule has 2 aromatic heterocycles. The number of ether oxygens (including phenoxy) is 1. The summed E-state index contributed by atoms with van der Waals surface area (Å²) >= 11 is 0. The van der Waals surface area contributed by atoms with Crippen LogP contribution in [0.1, 0.15) is 87.8 Å². The first-order valence-corrected chi connectivity index (χ1v) is 13.8. The molecule has 1 saturated heterocycles. The maximum absolute atomic E-state index is 14.6. The van der Waals surface area contributed by atoms with Crippen LogP contribution < -0.4 is 10.6 Å². The highest BCUT2D eigenvalue weighted by Gasteiger charge is 2.49. The van der Waals surface area contributed by atoms with E-state index >= 15 is 0 Å². The van der Waals surface area contributed by atoms with E-state index in [4.69, 9.17) is 12.1 Å². The predicted molar refractivity (Wildman–Crippen MR) is 139 cm³/mol. The Bertz CT molecular complexity index is 1620. The molecule has 1 aliphatic heterocycles. The molecule has 3 N–H and O–H groups in total. The van der Waals surface area contributed by atoms with Gasteiger partial charge < -0.3 is 25.3 Å². The predicted octanol–water partition coefficient (Wildman–Crippen LogP) is 4.76. The number of aromatic nitrogens is 4. The first-order valence-electron chi connectivity index (χ1n) is 14.8. The molecule has 0 unspecified atom stereocenters. The van der Waals surface area contributed by atoms with Gasteiger partial charge in [0.2, 0.25) is 0 Å². The van der Waals surface area contributed by atoms with E-state index in [1.54, 1.807) is 6.07 Å². The van der Waals surface area contributed by atoms with Gasteiger partial charge in [0, 0.05) is 5.92 Å². The number of halogens is 5. The molecule has 2 atom stereocenters. The maximum atomic E-state index is 14.6. The number of nitrogens with zero attached hydrogens (tertiary/aromatic N) is 4. The fourth-order valence-electron chi connectivity index (χ4n) is 4.94. The lowest BCUT2D eigenvalue weighted by Gasteiger charge is -2.38. The smallest absolute Gasteiger partial charge is 0.364 e. The zero-order valence-corrected chi connectivity index (χ0v) is 23.1. The Morgan fingerprint density at radius 2 is 2.00 bits per heavy atom. The number of amides is 3. The van der Waals surface area contributed by atoms with Gasteiger partial charge in [-0.1, -0.05) is 11.2 Å². The van der Waals surface area contributed by atoms with E-state index in [2.05, 4.69) is 30.9 Å². The van der Waals surface area contributed by atoms with E-state index in [0.717, 1.165) is 26.7 Å². The van der Waals surface area contributed by atoms with Gasteiger partial charge in [-0.25, -0.2) is 23.2 Å². The second-order valence-electron chi connectivity index (χ2n) is 11.6. The number of nitrogens with one attached hydrogen (secondary N) is 3. The SMILES string of the molecule is [2H]C1([2H])N([C@@H](c2ccc3[nH]c([C@H](COC(C)(C)C(F)(F)F)NC(=O)c4nonc4C4CC4)nc3c2)C2CC2)C(=O)NCC1(F)F. The van der Waals surface area contributed by atoms with Crippen molar-refractivity contribution in [1.82, 2.24) is 35.8 Å². The molecule has 0 spiro atoms. The van der Waals surface area contributed by atoms with Crippen LogP contribution in [0.4, 0.5) is 26.7 Å². The molecule has 3 heterocycles. The number of alkyl halides is 5. The first kappa shape index (κ1) is 26.8. The summed E-state index contributed by atoms with van der Waals surface area (Å²) in [6.45, 7) is -3.37. The highest BCUT2D eigenvalue weighted by atomic mass is 19.4. The molecule has 6 rings (SSSR count). The second-order valence-corrected chi connectivity index (χ2v) is 11.6. The molecule has 11 nitrogen and oxygen atoms in total. The van der Waals surface area contributed by atoms with Crippen molar-refractivity contribution in [2.45, 2.75) is 75.2 Å². The van der Waals surface area contributed by atoms with E-state index < -0.39 is 61.4 Å². The molecule has 3 aromatic rings. The number of rotatable bonds is 10. The lowest BCUT2D eigenvalue weighted by molar-refractivity contribution is -0.265. The third kappa shape index (κ3) is 6.01. The minimum absolute atomic E-state index is 0.00647. The second kappa shape index (κ2) is 10.4. The van der Waals surface area contributed by atoms with Gasteiger partial charge in [0.25, 0.3) is 11.8 Å². The van der Waals surface area contributed by atoms with Crippen molar-refractivity contribution >= 4 is 23.0 Å². The molecule has 232 valence electrons. The number of imidazole rings is 1. The largest absolute Gasteiger partial charge is 0.416 e. The zero-order chi connectivity index (χ0) is 32.5. The van der Waals surface area contributed by atoms with Crippen molar-refractivity contribution in [2.24, 2.45) is 5.92 Å². The Morgan fingerprint density at radius 1 is 1.26 bits per heavy atom. The van der Waals surface area contributed by atoms with Crippen molar-refractivity contribution in [2.75, 3.05) is 19.6 Å². The van der Waals surface area contributed by atoms with Crippen LogP contribution in [-0.4, -0.2) is 74.5 Å². The molecule has 43 heavy (non-hydrogen) atoms. The number of benzene rings is 1. The van der Waals surface area contributed by atoms with Gasteiger partial charge in [0.15, 0.2) is 11.3 Å². The number of hydrogen-bond donors (Lipinski definition) is 3. The number of H-pyrrole nitrogens is 1. The highest BCUT2D eigenvalue weighted by molar-refractivity contribution is 5.93. The van der Waals surface area contributed by atoms with Crippen LogP contribution in [0.5, 0.6) is 0 Å². The summed E-state index contributed by atoms with van der Waals surface area (Å²) in [5.41, 5.74) is -1.36. The summed E-state index contributed by atoms with van der Waals surface area (Å²) in [6, 6.07) is 1.34. The van der Waals surface area contributed by atoms with Gasteiger partial charge >= 0.3 is 12.2 Å². The Hall–Kier alpha value is -3.82. The first-order chi connectivity index (χ1) is 21.0. The molecule has 0 bridgehead atoms. The van der Waals surface area contributed by atoms with E-state index in [1.807, 2.05) is 0 Å². The molecule has 3 fully saturated rings. The standard InChI is InChI=1S/C27H30F5N7O4/c1-25(2,27(30,31)32)42-10-18(36-23(40)20-19(13-3-4-13)37-43-38-20)22-34-16-8-7-15(9-17(16)35-22)21(14-5-6-14)39-12-26(28,29)11-33-24(39)41/h7-9,13-14,18,21H,3-6,10-12H2,1-2H3,(H,33,41)(H,34,35)(H,36,40)/t18-,21+/m0/s1/i12D2. The maximum Gasteiger partial charge on any atom is 0.416 e. The molecular weight excluding hydrogens is 581 g/mol. The average molecular weight is 614 g/mol. The van der Waals surface area contributed by atoms with Crippen LogP contribution in [0.25, 0.3) is 11.0 Å². The lowest BCUT2D eigenvalue weighted by atomic mass is 9.99. The molecular formula is C27H30F5N7O4. The minimum Gasteiger partial charge on any atom is -0.364 e. The summed E-state index contributed by atoms with van der Waals surface area (Å²) < 4.78 is 96.3. The van der Waals surface area contributed by atoms with Gasteiger partial charge in [-0.05, 0) is 68.3 Å².